The van der Waals surface area contributed by atoms with E-state index in [9.17, 15) is 4.79 Å². The van der Waals surface area contributed by atoms with Gasteiger partial charge in [-0.3, -0.25) is 0 Å². The summed E-state index contributed by atoms with van der Waals surface area (Å²) < 4.78 is 0.771. The molecular weight excluding hydrogens is 290 g/mol. The number of hydrogen-bond donors (Lipinski definition) is 2. The molecule has 0 saturated heterocycles. The molecular formula is C11H14BrNO2S. The van der Waals surface area contributed by atoms with E-state index in [1.54, 1.807) is 23.9 Å². The van der Waals surface area contributed by atoms with Crippen molar-refractivity contribution in [3.05, 3.63) is 28.2 Å². The van der Waals surface area contributed by atoms with Crippen LogP contribution in [0.2, 0.25) is 0 Å². The summed E-state index contributed by atoms with van der Waals surface area (Å²) in [6, 6.07) is 5.47. The molecule has 0 aliphatic heterocycles. The van der Waals surface area contributed by atoms with Crippen LogP contribution in [0.1, 0.15) is 17.3 Å². The van der Waals surface area contributed by atoms with Gasteiger partial charge in [-0.05, 0) is 31.4 Å². The molecule has 3 nitrogen and oxygen atoms in total. The highest BCUT2D eigenvalue weighted by Gasteiger charge is 2.12. The van der Waals surface area contributed by atoms with Gasteiger partial charge in [0.2, 0.25) is 0 Å². The molecule has 0 heterocycles. The Bertz CT molecular complexity index is 384. The number of anilines is 1. The molecule has 1 aromatic rings. The molecule has 0 aliphatic carbocycles. The SMILES string of the molecule is CSCC(C)Nc1ccc(Br)cc1C(=O)O. The van der Waals surface area contributed by atoms with Crippen molar-refractivity contribution in [3.63, 3.8) is 0 Å². The first-order chi connectivity index (χ1) is 7.54. The van der Waals surface area contributed by atoms with Crippen molar-refractivity contribution in [2.45, 2.75) is 13.0 Å². The lowest BCUT2D eigenvalue weighted by Crippen LogP contribution is -2.19. The number of thioether (sulfide) groups is 1. The Morgan fingerprint density at radius 3 is 2.88 bits per heavy atom. The third kappa shape index (κ3) is 3.72. The van der Waals surface area contributed by atoms with E-state index >= 15 is 0 Å². The van der Waals surface area contributed by atoms with Gasteiger partial charge in [-0.25, -0.2) is 4.79 Å². The van der Waals surface area contributed by atoms with Gasteiger partial charge in [0, 0.05) is 22.0 Å². The van der Waals surface area contributed by atoms with Crippen LogP contribution in [0.15, 0.2) is 22.7 Å². The zero-order valence-electron chi connectivity index (χ0n) is 9.16. The zero-order chi connectivity index (χ0) is 12.1. The van der Waals surface area contributed by atoms with Crippen LogP contribution in [0.4, 0.5) is 5.69 Å². The molecule has 0 aliphatic rings. The first-order valence-corrected chi connectivity index (χ1v) is 7.01. The summed E-state index contributed by atoms with van der Waals surface area (Å²) in [5.41, 5.74) is 0.958. The lowest BCUT2D eigenvalue weighted by molar-refractivity contribution is 0.0698. The molecule has 1 atom stereocenters. The van der Waals surface area contributed by atoms with Crippen LogP contribution < -0.4 is 5.32 Å². The maximum absolute atomic E-state index is 11.0. The van der Waals surface area contributed by atoms with Crippen LogP contribution in [-0.4, -0.2) is 29.1 Å². The minimum atomic E-state index is -0.917. The van der Waals surface area contributed by atoms with Crippen molar-refractivity contribution in [2.24, 2.45) is 0 Å². The molecule has 0 fully saturated rings. The standard InChI is InChI=1S/C11H14BrNO2S/c1-7(6-16-2)13-10-4-3-8(12)5-9(10)11(14)15/h3-5,7,13H,6H2,1-2H3,(H,14,15). The van der Waals surface area contributed by atoms with Gasteiger partial charge in [-0.15, -0.1) is 0 Å². The number of hydrogen-bond acceptors (Lipinski definition) is 3. The molecule has 0 bridgehead atoms. The largest absolute Gasteiger partial charge is 0.478 e. The van der Waals surface area contributed by atoms with E-state index in [-0.39, 0.29) is 6.04 Å². The number of carboxylic acids is 1. The minimum absolute atomic E-state index is 0.245. The lowest BCUT2D eigenvalue weighted by atomic mass is 10.1. The molecule has 5 heteroatoms. The van der Waals surface area contributed by atoms with Crippen molar-refractivity contribution in [3.8, 4) is 0 Å². The van der Waals surface area contributed by atoms with Gasteiger partial charge in [0.1, 0.15) is 0 Å². The predicted molar refractivity (Wildman–Crippen MR) is 72.6 cm³/mol. The summed E-state index contributed by atoms with van der Waals surface area (Å²) in [6.07, 6.45) is 2.03. The summed E-state index contributed by atoms with van der Waals surface area (Å²) >= 11 is 4.99. The van der Waals surface area contributed by atoms with E-state index in [1.807, 2.05) is 19.2 Å². The van der Waals surface area contributed by atoms with Gasteiger partial charge >= 0.3 is 5.97 Å². The van der Waals surface area contributed by atoms with Gasteiger partial charge < -0.3 is 10.4 Å². The Hall–Kier alpha value is -0.680. The van der Waals surface area contributed by atoms with E-state index in [4.69, 9.17) is 5.11 Å². The van der Waals surface area contributed by atoms with Gasteiger partial charge in [-0.2, -0.15) is 11.8 Å². The highest BCUT2D eigenvalue weighted by molar-refractivity contribution is 9.10. The van der Waals surface area contributed by atoms with E-state index in [0.29, 0.717) is 11.3 Å². The molecule has 1 aromatic carbocycles. The average Bonchev–Trinajstić information content (AvgIpc) is 2.20. The van der Waals surface area contributed by atoms with Crippen LogP contribution >= 0.6 is 27.7 Å². The summed E-state index contributed by atoms with van der Waals surface area (Å²) in [6.45, 7) is 2.03. The molecule has 1 unspecified atom stereocenters. The number of aromatic carboxylic acids is 1. The number of carbonyl (C=O) groups is 1. The summed E-state index contributed by atoms with van der Waals surface area (Å²) in [5, 5.41) is 12.3. The molecule has 16 heavy (non-hydrogen) atoms. The van der Waals surface area contributed by atoms with E-state index < -0.39 is 5.97 Å². The maximum Gasteiger partial charge on any atom is 0.337 e. The number of rotatable bonds is 5. The van der Waals surface area contributed by atoms with Crippen LogP contribution in [0.25, 0.3) is 0 Å². The second-order valence-electron chi connectivity index (χ2n) is 3.50. The van der Waals surface area contributed by atoms with Crippen LogP contribution in [0.3, 0.4) is 0 Å². The topological polar surface area (TPSA) is 49.3 Å². The van der Waals surface area contributed by atoms with Crippen molar-refractivity contribution in [1.82, 2.24) is 0 Å². The molecule has 2 N–H and O–H groups in total. The number of nitrogens with one attached hydrogen (secondary N) is 1. The number of halogens is 1. The van der Waals surface area contributed by atoms with Crippen molar-refractivity contribution < 1.29 is 9.90 Å². The second-order valence-corrected chi connectivity index (χ2v) is 5.32. The minimum Gasteiger partial charge on any atom is -0.478 e. The smallest absolute Gasteiger partial charge is 0.337 e. The molecule has 0 amide bonds. The third-order valence-corrected chi connectivity index (χ3v) is 3.36. The highest BCUT2D eigenvalue weighted by Crippen LogP contribution is 2.22. The third-order valence-electron chi connectivity index (χ3n) is 2.03. The monoisotopic (exact) mass is 303 g/mol. The Kier molecular flexibility index (Phi) is 5.15. The van der Waals surface area contributed by atoms with E-state index in [0.717, 1.165) is 10.2 Å². The Morgan fingerprint density at radius 2 is 2.31 bits per heavy atom. The van der Waals surface area contributed by atoms with Crippen molar-refractivity contribution in [2.75, 3.05) is 17.3 Å². The molecule has 0 saturated carbocycles. The Balaban J connectivity index is 2.90. The fraction of sp³-hybridized carbons (Fsp3) is 0.364. The van der Waals surface area contributed by atoms with Gasteiger partial charge in [-0.1, -0.05) is 15.9 Å². The fourth-order valence-electron chi connectivity index (χ4n) is 1.38. The first kappa shape index (κ1) is 13.4. The average molecular weight is 304 g/mol. The van der Waals surface area contributed by atoms with E-state index in [1.165, 1.54) is 0 Å². The summed E-state index contributed by atoms with van der Waals surface area (Å²) in [4.78, 5) is 11.0. The van der Waals surface area contributed by atoms with Crippen LogP contribution in [0, 0.1) is 0 Å². The summed E-state index contributed by atoms with van der Waals surface area (Å²) in [5.74, 6) is 0.0231. The molecule has 1 rings (SSSR count). The van der Waals surface area contributed by atoms with Crippen molar-refractivity contribution >= 4 is 39.3 Å². The maximum atomic E-state index is 11.0. The number of carboxylic acid groups (broad SMARTS) is 1. The fourth-order valence-corrected chi connectivity index (χ4v) is 2.32. The number of benzene rings is 1. The zero-order valence-corrected chi connectivity index (χ0v) is 11.6. The quantitative estimate of drug-likeness (QED) is 0.876. The highest BCUT2D eigenvalue weighted by atomic mass is 79.9. The van der Waals surface area contributed by atoms with E-state index in [2.05, 4.69) is 21.2 Å². The van der Waals surface area contributed by atoms with Crippen LogP contribution in [-0.2, 0) is 0 Å². The Morgan fingerprint density at radius 1 is 1.62 bits per heavy atom. The second kappa shape index (κ2) is 6.15. The van der Waals surface area contributed by atoms with Crippen molar-refractivity contribution in [1.29, 1.82) is 0 Å². The lowest BCUT2D eigenvalue weighted by Gasteiger charge is -2.16. The molecule has 0 spiro atoms. The van der Waals surface area contributed by atoms with Crippen LogP contribution in [0.5, 0.6) is 0 Å². The van der Waals surface area contributed by atoms with Gasteiger partial charge in [0.25, 0.3) is 0 Å². The Labute approximate surface area is 108 Å². The normalized spacial score (nSPS) is 12.2. The van der Waals surface area contributed by atoms with Gasteiger partial charge in [0.05, 0.1) is 5.56 Å². The molecule has 0 radical (unpaired) electrons. The predicted octanol–water partition coefficient (Wildman–Crippen LogP) is 3.31. The first-order valence-electron chi connectivity index (χ1n) is 4.83. The molecule has 88 valence electrons. The van der Waals surface area contributed by atoms with Gasteiger partial charge in [0.15, 0.2) is 0 Å². The summed E-state index contributed by atoms with van der Waals surface area (Å²) in [7, 11) is 0. The molecule has 0 aromatic heterocycles.